The summed E-state index contributed by atoms with van der Waals surface area (Å²) in [5.41, 5.74) is 2.48. The SMILES string of the molecule is CCc1cccc(CNC[C@H](O)[C@H](Cc2cc(F)cc(F)c2)NC(=O)CN2C[C@@H](CC)N(C)C(=O)C2=O)c1. The fraction of sp³-hybridized carbons (Fsp3) is 0.464. The summed E-state index contributed by atoms with van der Waals surface area (Å²) in [5, 5.41) is 16.8. The number of amides is 3. The van der Waals surface area contributed by atoms with Gasteiger partial charge < -0.3 is 25.5 Å². The summed E-state index contributed by atoms with van der Waals surface area (Å²) < 4.78 is 27.6. The number of piperazine rings is 1. The maximum absolute atomic E-state index is 13.8. The number of aryl methyl sites for hydroxylation is 1. The Morgan fingerprint density at radius 1 is 1.05 bits per heavy atom. The summed E-state index contributed by atoms with van der Waals surface area (Å²) in [5.74, 6) is -3.56. The van der Waals surface area contributed by atoms with Gasteiger partial charge in [0.25, 0.3) is 0 Å². The molecule has 1 saturated heterocycles. The molecule has 1 aliphatic heterocycles. The third kappa shape index (κ3) is 7.82. The Hall–Kier alpha value is -3.37. The van der Waals surface area contributed by atoms with Crippen molar-refractivity contribution >= 4 is 17.7 Å². The molecular weight excluding hydrogens is 494 g/mol. The molecule has 0 aliphatic carbocycles. The van der Waals surface area contributed by atoms with Gasteiger partial charge in [-0.05, 0) is 48.1 Å². The number of carbonyl (C=O) groups excluding carboxylic acids is 3. The molecule has 3 amide bonds. The van der Waals surface area contributed by atoms with Gasteiger partial charge in [0.05, 0.1) is 12.1 Å². The molecule has 2 aromatic carbocycles. The van der Waals surface area contributed by atoms with Gasteiger partial charge in [-0.15, -0.1) is 0 Å². The van der Waals surface area contributed by atoms with Crippen LogP contribution < -0.4 is 10.6 Å². The highest BCUT2D eigenvalue weighted by Crippen LogP contribution is 2.15. The summed E-state index contributed by atoms with van der Waals surface area (Å²) in [6.07, 6.45) is 0.372. The molecule has 0 radical (unpaired) electrons. The molecule has 38 heavy (non-hydrogen) atoms. The van der Waals surface area contributed by atoms with Crippen LogP contribution in [-0.4, -0.2) is 77.5 Å². The van der Waals surface area contributed by atoms with Crippen molar-refractivity contribution in [3.05, 3.63) is 70.8 Å². The number of carbonyl (C=O) groups is 3. The van der Waals surface area contributed by atoms with Crippen molar-refractivity contribution < 1.29 is 28.3 Å². The molecule has 0 spiro atoms. The average Bonchev–Trinajstić information content (AvgIpc) is 2.88. The minimum atomic E-state index is -1.10. The lowest BCUT2D eigenvalue weighted by molar-refractivity contribution is -0.158. The average molecular weight is 531 g/mol. The van der Waals surface area contributed by atoms with Crippen molar-refractivity contribution in [2.45, 2.75) is 57.8 Å². The van der Waals surface area contributed by atoms with Crippen LogP contribution in [0.15, 0.2) is 42.5 Å². The summed E-state index contributed by atoms with van der Waals surface area (Å²) in [6, 6.07) is 9.94. The number of hydrogen-bond acceptors (Lipinski definition) is 5. The lowest BCUT2D eigenvalue weighted by atomic mass is 10.0. The molecular formula is C28H36F2N4O4. The predicted octanol–water partition coefficient (Wildman–Crippen LogP) is 1.78. The third-order valence-corrected chi connectivity index (χ3v) is 6.85. The van der Waals surface area contributed by atoms with Gasteiger partial charge in [-0.2, -0.15) is 0 Å². The Bertz CT molecular complexity index is 1130. The molecule has 1 fully saturated rings. The van der Waals surface area contributed by atoms with Crippen LogP contribution in [0.3, 0.4) is 0 Å². The zero-order valence-electron chi connectivity index (χ0n) is 22.0. The van der Waals surface area contributed by atoms with E-state index in [0.29, 0.717) is 13.0 Å². The molecule has 3 atom stereocenters. The first-order chi connectivity index (χ1) is 18.1. The van der Waals surface area contributed by atoms with E-state index in [-0.39, 0.29) is 37.7 Å². The number of nitrogens with one attached hydrogen (secondary N) is 2. The molecule has 3 N–H and O–H groups in total. The Balaban J connectivity index is 1.68. The topological polar surface area (TPSA) is 102 Å². The van der Waals surface area contributed by atoms with E-state index in [1.807, 2.05) is 25.1 Å². The number of halogens is 2. The van der Waals surface area contributed by atoms with Crippen molar-refractivity contribution in [1.82, 2.24) is 20.4 Å². The summed E-state index contributed by atoms with van der Waals surface area (Å²) >= 11 is 0. The fourth-order valence-corrected chi connectivity index (χ4v) is 4.61. The molecule has 0 aromatic heterocycles. The number of aliphatic hydroxyl groups excluding tert-OH is 1. The Kier molecular flexibility index (Phi) is 10.3. The van der Waals surface area contributed by atoms with Gasteiger partial charge in [0.2, 0.25) is 5.91 Å². The molecule has 1 aliphatic rings. The van der Waals surface area contributed by atoms with Gasteiger partial charge >= 0.3 is 11.8 Å². The maximum atomic E-state index is 13.8. The second kappa shape index (κ2) is 13.4. The van der Waals surface area contributed by atoms with E-state index in [0.717, 1.165) is 30.2 Å². The van der Waals surface area contributed by atoms with Crippen LogP contribution in [0.1, 0.15) is 37.0 Å². The van der Waals surface area contributed by atoms with Crippen molar-refractivity contribution in [3.8, 4) is 0 Å². The van der Waals surface area contributed by atoms with Gasteiger partial charge in [0.15, 0.2) is 0 Å². The first-order valence-corrected chi connectivity index (χ1v) is 12.9. The molecule has 10 heteroatoms. The van der Waals surface area contributed by atoms with Gasteiger partial charge in [-0.1, -0.05) is 38.1 Å². The minimum Gasteiger partial charge on any atom is -0.390 e. The van der Waals surface area contributed by atoms with Crippen molar-refractivity contribution in [2.24, 2.45) is 0 Å². The predicted molar refractivity (Wildman–Crippen MR) is 139 cm³/mol. The molecule has 1 heterocycles. The first kappa shape index (κ1) is 29.2. The first-order valence-electron chi connectivity index (χ1n) is 12.9. The van der Waals surface area contributed by atoms with E-state index in [1.165, 1.54) is 15.4 Å². The quantitative estimate of drug-likeness (QED) is 0.363. The third-order valence-electron chi connectivity index (χ3n) is 6.85. The van der Waals surface area contributed by atoms with E-state index < -0.39 is 41.5 Å². The lowest BCUT2D eigenvalue weighted by Gasteiger charge is -2.38. The van der Waals surface area contributed by atoms with Crippen molar-refractivity contribution in [3.63, 3.8) is 0 Å². The van der Waals surface area contributed by atoms with Crippen LogP contribution >= 0.6 is 0 Å². The minimum absolute atomic E-state index is 0.0399. The van der Waals surface area contributed by atoms with Crippen LogP contribution in [0.5, 0.6) is 0 Å². The van der Waals surface area contributed by atoms with Crippen LogP contribution in [0.4, 0.5) is 8.78 Å². The number of likely N-dealkylation sites (N-methyl/N-ethyl adjacent to an activating group) is 1. The summed E-state index contributed by atoms with van der Waals surface area (Å²) in [6.45, 7) is 4.38. The Morgan fingerprint density at radius 3 is 2.39 bits per heavy atom. The number of nitrogens with zero attached hydrogens (tertiary/aromatic N) is 2. The van der Waals surface area contributed by atoms with Crippen LogP contribution in [0, 0.1) is 11.6 Å². The number of rotatable bonds is 12. The summed E-state index contributed by atoms with van der Waals surface area (Å²) in [7, 11) is 1.56. The second-order valence-corrected chi connectivity index (χ2v) is 9.69. The van der Waals surface area contributed by atoms with Gasteiger partial charge in [-0.3, -0.25) is 14.4 Å². The standard InChI is InChI=1S/C28H36F2N4O4/c1-4-18-7-6-8-19(9-18)14-31-15-25(35)24(12-20-10-21(29)13-22(30)11-20)32-26(36)17-34-16-23(5-2)33(3)27(37)28(34)38/h6-11,13,23-25,31,35H,4-5,12,14-17H2,1-3H3,(H,32,36)/t23-,24+,25+/m1/s1. The molecule has 0 bridgehead atoms. The zero-order chi connectivity index (χ0) is 27.8. The Labute approximate surface area is 222 Å². The highest BCUT2D eigenvalue weighted by atomic mass is 19.1. The van der Waals surface area contributed by atoms with Gasteiger partial charge in [0.1, 0.15) is 18.2 Å². The number of aliphatic hydroxyl groups is 1. The number of benzene rings is 2. The molecule has 3 rings (SSSR count). The van der Waals surface area contributed by atoms with E-state index >= 15 is 0 Å². The highest BCUT2D eigenvalue weighted by Gasteiger charge is 2.37. The van der Waals surface area contributed by atoms with Crippen molar-refractivity contribution in [2.75, 3.05) is 26.7 Å². The van der Waals surface area contributed by atoms with Crippen molar-refractivity contribution in [1.29, 1.82) is 0 Å². The van der Waals surface area contributed by atoms with Gasteiger partial charge in [-0.25, -0.2) is 8.78 Å². The molecule has 206 valence electrons. The van der Waals surface area contributed by atoms with E-state index in [2.05, 4.69) is 23.6 Å². The molecule has 0 saturated carbocycles. The van der Waals surface area contributed by atoms with Gasteiger partial charge in [0, 0.05) is 38.8 Å². The fourth-order valence-electron chi connectivity index (χ4n) is 4.61. The molecule has 8 nitrogen and oxygen atoms in total. The normalized spacial score (nSPS) is 17.5. The highest BCUT2D eigenvalue weighted by molar-refractivity contribution is 6.35. The van der Waals surface area contributed by atoms with E-state index in [9.17, 15) is 28.3 Å². The number of hydrogen-bond donors (Lipinski definition) is 3. The van der Waals surface area contributed by atoms with Crippen LogP contribution in [-0.2, 0) is 33.8 Å². The van der Waals surface area contributed by atoms with E-state index in [1.54, 1.807) is 7.05 Å². The van der Waals surface area contributed by atoms with E-state index in [4.69, 9.17) is 0 Å². The Morgan fingerprint density at radius 2 is 1.74 bits per heavy atom. The maximum Gasteiger partial charge on any atom is 0.312 e. The summed E-state index contributed by atoms with van der Waals surface area (Å²) in [4.78, 5) is 40.2. The monoisotopic (exact) mass is 530 g/mol. The van der Waals surface area contributed by atoms with Crippen LogP contribution in [0.2, 0.25) is 0 Å². The second-order valence-electron chi connectivity index (χ2n) is 9.69. The zero-order valence-corrected chi connectivity index (χ0v) is 22.0. The largest absolute Gasteiger partial charge is 0.390 e. The van der Waals surface area contributed by atoms with Crippen LogP contribution in [0.25, 0.3) is 0 Å². The smallest absolute Gasteiger partial charge is 0.312 e. The lowest BCUT2D eigenvalue weighted by Crippen LogP contribution is -2.60. The molecule has 0 unspecified atom stereocenters. The molecule has 2 aromatic rings.